The van der Waals surface area contributed by atoms with E-state index in [0.29, 0.717) is 22.2 Å². The first-order valence-corrected chi connectivity index (χ1v) is 10.8. The zero-order valence-electron chi connectivity index (χ0n) is 18.9. The second kappa shape index (κ2) is 8.79. The van der Waals surface area contributed by atoms with Gasteiger partial charge in [0.1, 0.15) is 12.2 Å². The van der Waals surface area contributed by atoms with E-state index in [1.807, 2.05) is 6.07 Å². The van der Waals surface area contributed by atoms with Crippen LogP contribution in [0.1, 0.15) is 28.2 Å². The summed E-state index contributed by atoms with van der Waals surface area (Å²) in [6, 6.07) is 8.25. The number of nitriles is 1. The highest BCUT2D eigenvalue weighted by molar-refractivity contribution is 6.32. The van der Waals surface area contributed by atoms with Crippen molar-refractivity contribution < 1.29 is 17.6 Å². The third kappa shape index (κ3) is 4.29. The monoisotopic (exact) mass is 527 g/mol. The first kappa shape index (κ1) is 24.1. The molecule has 4 aromatic heterocycles. The molecule has 0 amide bonds. The quantitative estimate of drug-likeness (QED) is 0.342. The Morgan fingerprint density at radius 2 is 2.00 bits per heavy atom. The molecule has 15 heteroatoms. The predicted octanol–water partition coefficient (Wildman–Crippen LogP) is 3.63. The average Bonchev–Trinajstić information content (AvgIpc) is 3.49. The number of tetrazole rings is 1. The first-order valence-electron chi connectivity index (χ1n) is 10.5. The van der Waals surface area contributed by atoms with E-state index in [9.17, 15) is 23.2 Å². The summed E-state index contributed by atoms with van der Waals surface area (Å²) in [6.07, 6.45) is -3.30. The van der Waals surface area contributed by atoms with Gasteiger partial charge in [-0.2, -0.15) is 28.3 Å². The van der Waals surface area contributed by atoms with Crippen LogP contribution in [0.4, 0.5) is 13.2 Å². The van der Waals surface area contributed by atoms with Crippen molar-refractivity contribution in [3.63, 3.8) is 0 Å². The second-order valence-corrected chi connectivity index (χ2v) is 8.30. The molecule has 0 saturated heterocycles. The summed E-state index contributed by atoms with van der Waals surface area (Å²) >= 11 is 6.32. The Morgan fingerprint density at radius 3 is 2.68 bits per heavy atom. The lowest BCUT2D eigenvalue weighted by molar-refractivity contribution is -0.145. The van der Waals surface area contributed by atoms with Crippen LogP contribution < -0.4 is 5.63 Å². The summed E-state index contributed by atoms with van der Waals surface area (Å²) in [5.41, 5.74) is 1.23. The average molecular weight is 528 g/mol. The molecule has 0 aliphatic heterocycles. The maximum atomic E-state index is 13.0. The third-order valence-electron chi connectivity index (χ3n) is 5.41. The Hall–Kier alpha value is -4.64. The first-order chi connectivity index (χ1) is 17.6. The number of hydrogen-bond acceptors (Lipinski definition) is 9. The van der Waals surface area contributed by atoms with Crippen LogP contribution in [0, 0.1) is 25.2 Å². The minimum atomic E-state index is -4.76. The molecule has 11 nitrogen and oxygen atoms in total. The molecule has 0 saturated carbocycles. The van der Waals surface area contributed by atoms with Gasteiger partial charge in [0.05, 0.1) is 33.3 Å². The molecule has 0 aliphatic rings. The van der Waals surface area contributed by atoms with Gasteiger partial charge in [-0.05, 0) is 54.5 Å². The minimum Gasteiger partial charge on any atom is -0.401 e. The van der Waals surface area contributed by atoms with Crippen molar-refractivity contribution in [2.75, 3.05) is 0 Å². The van der Waals surface area contributed by atoms with Gasteiger partial charge in [0.2, 0.25) is 5.89 Å². The summed E-state index contributed by atoms with van der Waals surface area (Å²) in [4.78, 5) is 22.4. The van der Waals surface area contributed by atoms with Crippen molar-refractivity contribution in [2.45, 2.75) is 26.6 Å². The molecule has 1 aromatic carbocycles. The highest BCUT2D eigenvalue weighted by atomic mass is 35.5. The van der Waals surface area contributed by atoms with Gasteiger partial charge in [-0.1, -0.05) is 11.6 Å². The largest absolute Gasteiger partial charge is 0.455 e. The summed E-state index contributed by atoms with van der Waals surface area (Å²) < 4.78 is 45.4. The summed E-state index contributed by atoms with van der Waals surface area (Å²) in [7, 11) is 0. The van der Waals surface area contributed by atoms with E-state index in [0.717, 1.165) is 4.80 Å². The van der Waals surface area contributed by atoms with Gasteiger partial charge >= 0.3 is 11.8 Å². The molecule has 0 bridgehead atoms. The van der Waals surface area contributed by atoms with E-state index < -0.39 is 17.6 Å². The smallest absolute Gasteiger partial charge is 0.401 e. The lowest BCUT2D eigenvalue weighted by Gasteiger charge is -2.09. The van der Waals surface area contributed by atoms with Crippen molar-refractivity contribution in [2.24, 2.45) is 0 Å². The topological polar surface area (TPSA) is 141 Å². The molecule has 0 spiro atoms. The zero-order chi connectivity index (χ0) is 26.5. The highest BCUT2D eigenvalue weighted by Gasteiger charge is 2.37. The summed E-state index contributed by atoms with van der Waals surface area (Å²) in [6.45, 7) is 3.02. The maximum Gasteiger partial charge on any atom is 0.455 e. The van der Waals surface area contributed by atoms with Crippen LogP contribution in [0.15, 0.2) is 39.7 Å². The number of pyridine rings is 1. The van der Waals surface area contributed by atoms with Crippen LogP contribution in [-0.2, 0) is 12.7 Å². The molecule has 0 N–H and O–H groups in total. The van der Waals surface area contributed by atoms with E-state index in [1.165, 1.54) is 16.9 Å². The van der Waals surface area contributed by atoms with Gasteiger partial charge < -0.3 is 4.42 Å². The van der Waals surface area contributed by atoms with Crippen LogP contribution >= 0.6 is 11.6 Å². The van der Waals surface area contributed by atoms with Crippen LogP contribution in [0.25, 0.3) is 28.3 Å². The van der Waals surface area contributed by atoms with Crippen LogP contribution in [-0.4, -0.2) is 40.0 Å². The van der Waals surface area contributed by atoms with Gasteiger partial charge in [0.25, 0.3) is 5.82 Å². The fourth-order valence-corrected chi connectivity index (χ4v) is 3.91. The standard InChI is InChI=1S/C22H13ClF3N9O2/c1-10-6-12(8-27)11(2)16-17(10)29-19(37-20(16)36)15-7-13(9-34-32-21(30-33-34)22(24,25)26)31-35(15)18-14(23)4-3-5-28-18/h3-7H,9H2,1-2H3. The Bertz CT molecular complexity index is 1780. The lowest BCUT2D eigenvalue weighted by atomic mass is 10.0. The Labute approximate surface area is 209 Å². The van der Waals surface area contributed by atoms with E-state index in [1.54, 1.807) is 32.0 Å². The molecular weight excluding hydrogens is 515 g/mol. The van der Waals surface area contributed by atoms with Crippen molar-refractivity contribution in [3.8, 4) is 23.5 Å². The number of aryl methyl sites for hydroxylation is 2. The molecule has 0 fully saturated rings. The van der Waals surface area contributed by atoms with Crippen molar-refractivity contribution in [1.82, 2.24) is 40.0 Å². The van der Waals surface area contributed by atoms with Crippen LogP contribution in [0.5, 0.6) is 0 Å². The molecule has 186 valence electrons. The fourth-order valence-electron chi connectivity index (χ4n) is 3.71. The summed E-state index contributed by atoms with van der Waals surface area (Å²) in [5.74, 6) is -1.39. The molecule has 4 heterocycles. The Morgan fingerprint density at radius 1 is 1.22 bits per heavy atom. The number of halogens is 4. The molecule has 0 unspecified atom stereocenters. The number of benzene rings is 1. The van der Waals surface area contributed by atoms with Crippen LogP contribution in [0.3, 0.4) is 0 Å². The van der Waals surface area contributed by atoms with Crippen molar-refractivity contribution in [3.05, 3.63) is 74.1 Å². The van der Waals surface area contributed by atoms with Gasteiger partial charge in [0.15, 0.2) is 5.82 Å². The molecule has 0 atom stereocenters. The molecule has 0 aliphatic carbocycles. The number of alkyl halides is 3. The third-order valence-corrected chi connectivity index (χ3v) is 5.70. The molecule has 37 heavy (non-hydrogen) atoms. The van der Waals surface area contributed by atoms with Crippen molar-refractivity contribution >= 4 is 22.5 Å². The fraction of sp³-hybridized carbons (Fsp3) is 0.182. The normalized spacial score (nSPS) is 11.7. The number of nitrogens with zero attached hydrogens (tertiary/aromatic N) is 9. The summed E-state index contributed by atoms with van der Waals surface area (Å²) in [5, 5.41) is 23.9. The number of aromatic nitrogens is 8. The number of rotatable bonds is 4. The Balaban J connectivity index is 1.69. The van der Waals surface area contributed by atoms with E-state index in [4.69, 9.17) is 16.0 Å². The van der Waals surface area contributed by atoms with Gasteiger partial charge in [0, 0.05) is 6.20 Å². The van der Waals surface area contributed by atoms with E-state index in [2.05, 4.69) is 30.5 Å². The second-order valence-electron chi connectivity index (χ2n) is 7.89. The maximum absolute atomic E-state index is 13.0. The van der Waals surface area contributed by atoms with Gasteiger partial charge in [-0.3, -0.25) is 0 Å². The zero-order valence-corrected chi connectivity index (χ0v) is 19.7. The predicted molar refractivity (Wildman–Crippen MR) is 122 cm³/mol. The SMILES string of the molecule is Cc1cc(C#N)c(C)c2c(=O)oc(-c3cc(Cn4nnc(C(F)(F)F)n4)nn3-c3ncccc3Cl)nc12. The number of fused-ring (bicyclic) bond motifs is 1. The molecule has 5 rings (SSSR count). The van der Waals surface area contributed by atoms with Crippen LogP contribution in [0.2, 0.25) is 5.02 Å². The highest BCUT2D eigenvalue weighted by Crippen LogP contribution is 2.29. The molecular formula is C22H13ClF3N9O2. The van der Waals surface area contributed by atoms with Crippen molar-refractivity contribution in [1.29, 1.82) is 5.26 Å². The minimum absolute atomic E-state index is 0.146. The molecule has 0 radical (unpaired) electrons. The number of hydrogen-bond donors (Lipinski definition) is 0. The van der Waals surface area contributed by atoms with Gasteiger partial charge in [-0.25, -0.2) is 19.4 Å². The Kier molecular flexibility index (Phi) is 5.72. The van der Waals surface area contributed by atoms with Gasteiger partial charge in [-0.15, -0.1) is 10.2 Å². The van der Waals surface area contributed by atoms with E-state index >= 15 is 0 Å². The van der Waals surface area contributed by atoms with E-state index in [-0.39, 0.29) is 40.1 Å². The molecule has 5 aromatic rings. The lowest BCUT2D eigenvalue weighted by Crippen LogP contribution is -2.10.